The first-order chi connectivity index (χ1) is 7.18. The van der Waals surface area contributed by atoms with Crippen LogP contribution in [0.4, 0.5) is 0 Å². The van der Waals surface area contributed by atoms with Crippen LogP contribution in [-0.2, 0) is 0 Å². The summed E-state index contributed by atoms with van der Waals surface area (Å²) in [5.74, 6) is 0.224. The average molecular weight is 222 g/mol. The van der Waals surface area contributed by atoms with E-state index in [-0.39, 0.29) is 11.0 Å². The van der Waals surface area contributed by atoms with Crippen molar-refractivity contribution in [2.75, 3.05) is 0 Å². The molecule has 1 N–H and O–H groups in total. The van der Waals surface area contributed by atoms with Gasteiger partial charge in [-0.05, 0) is 24.6 Å². The van der Waals surface area contributed by atoms with Crippen LogP contribution in [0.5, 0.6) is 5.75 Å². The summed E-state index contributed by atoms with van der Waals surface area (Å²) in [5, 5.41) is 16.9. The van der Waals surface area contributed by atoms with Crippen molar-refractivity contribution in [2.24, 2.45) is 0 Å². The minimum Gasteiger partial charge on any atom is -0.508 e. The highest BCUT2D eigenvalue weighted by Crippen LogP contribution is 2.27. The molecule has 5 heteroatoms. The van der Waals surface area contributed by atoms with Crippen LogP contribution in [0.15, 0.2) is 24.4 Å². The third kappa shape index (κ3) is 1.89. The number of aromatic hydroxyl groups is 1. The SMILES string of the molecule is Cc1c(O)cccc1-c1cnnc(Cl)n1. The molecule has 1 heterocycles. The molecule has 2 aromatic rings. The lowest BCUT2D eigenvalue weighted by Crippen LogP contribution is -1.92. The van der Waals surface area contributed by atoms with Gasteiger partial charge in [0, 0.05) is 11.1 Å². The minimum absolute atomic E-state index is 0.0928. The summed E-state index contributed by atoms with van der Waals surface area (Å²) in [5.41, 5.74) is 2.14. The minimum atomic E-state index is 0.0928. The molecule has 0 saturated heterocycles. The topological polar surface area (TPSA) is 58.9 Å². The number of benzene rings is 1. The first-order valence-electron chi connectivity index (χ1n) is 4.32. The van der Waals surface area contributed by atoms with Crippen LogP contribution in [0.1, 0.15) is 5.56 Å². The number of hydrogen-bond donors (Lipinski definition) is 1. The molecule has 0 fully saturated rings. The van der Waals surface area contributed by atoms with Gasteiger partial charge in [0.05, 0.1) is 11.9 Å². The molecule has 0 aliphatic carbocycles. The smallest absolute Gasteiger partial charge is 0.243 e. The van der Waals surface area contributed by atoms with Crippen molar-refractivity contribution in [1.29, 1.82) is 0 Å². The van der Waals surface area contributed by atoms with Gasteiger partial charge in [-0.1, -0.05) is 12.1 Å². The van der Waals surface area contributed by atoms with Crippen LogP contribution in [0, 0.1) is 6.92 Å². The fraction of sp³-hybridized carbons (Fsp3) is 0.100. The second-order valence-corrected chi connectivity index (χ2v) is 3.40. The van der Waals surface area contributed by atoms with Gasteiger partial charge in [0.15, 0.2) is 0 Å². The van der Waals surface area contributed by atoms with Crippen LogP contribution in [0.25, 0.3) is 11.3 Å². The van der Waals surface area contributed by atoms with E-state index in [1.807, 2.05) is 6.07 Å². The van der Waals surface area contributed by atoms with E-state index in [0.29, 0.717) is 5.69 Å². The Morgan fingerprint density at radius 1 is 1.33 bits per heavy atom. The van der Waals surface area contributed by atoms with E-state index in [1.54, 1.807) is 19.1 Å². The Morgan fingerprint density at radius 2 is 2.13 bits per heavy atom. The van der Waals surface area contributed by atoms with Gasteiger partial charge in [-0.25, -0.2) is 4.98 Å². The summed E-state index contributed by atoms with van der Waals surface area (Å²) in [6.07, 6.45) is 1.51. The third-order valence-electron chi connectivity index (χ3n) is 2.11. The third-order valence-corrected chi connectivity index (χ3v) is 2.27. The van der Waals surface area contributed by atoms with Crippen molar-refractivity contribution in [3.8, 4) is 17.0 Å². The molecule has 0 spiro atoms. The molecular weight excluding hydrogens is 214 g/mol. The molecule has 0 saturated carbocycles. The highest BCUT2D eigenvalue weighted by atomic mass is 35.5. The zero-order valence-corrected chi connectivity index (χ0v) is 8.73. The van der Waals surface area contributed by atoms with E-state index in [9.17, 15) is 5.11 Å². The number of phenols is 1. The highest BCUT2D eigenvalue weighted by Gasteiger charge is 2.07. The van der Waals surface area contributed by atoms with E-state index in [4.69, 9.17) is 11.6 Å². The van der Waals surface area contributed by atoms with Crippen molar-refractivity contribution >= 4 is 11.6 Å². The molecule has 0 radical (unpaired) electrons. The molecule has 76 valence electrons. The van der Waals surface area contributed by atoms with E-state index in [2.05, 4.69) is 15.2 Å². The molecule has 4 nitrogen and oxygen atoms in total. The summed E-state index contributed by atoms with van der Waals surface area (Å²) in [6, 6.07) is 5.21. The predicted octanol–water partition coefficient (Wildman–Crippen LogP) is 2.21. The van der Waals surface area contributed by atoms with Gasteiger partial charge in [-0.15, -0.1) is 5.10 Å². The molecular formula is C10H8ClN3O. The van der Waals surface area contributed by atoms with Crippen molar-refractivity contribution in [3.63, 3.8) is 0 Å². The van der Waals surface area contributed by atoms with E-state index in [1.165, 1.54) is 6.20 Å². The molecule has 0 aliphatic rings. The maximum atomic E-state index is 9.53. The van der Waals surface area contributed by atoms with Crippen LogP contribution in [-0.4, -0.2) is 20.3 Å². The van der Waals surface area contributed by atoms with Crippen molar-refractivity contribution in [2.45, 2.75) is 6.92 Å². The van der Waals surface area contributed by atoms with Crippen LogP contribution >= 0.6 is 11.6 Å². The summed E-state index contributed by atoms with van der Waals surface area (Å²) < 4.78 is 0. The van der Waals surface area contributed by atoms with Crippen LogP contribution in [0.2, 0.25) is 5.28 Å². The number of phenolic OH excluding ortho intramolecular Hbond substituents is 1. The zero-order valence-electron chi connectivity index (χ0n) is 7.98. The molecule has 0 bridgehead atoms. The van der Waals surface area contributed by atoms with Gasteiger partial charge in [-0.3, -0.25) is 0 Å². The van der Waals surface area contributed by atoms with Gasteiger partial charge in [0.25, 0.3) is 0 Å². The van der Waals surface area contributed by atoms with Crippen molar-refractivity contribution < 1.29 is 5.11 Å². The van der Waals surface area contributed by atoms with Gasteiger partial charge in [0.2, 0.25) is 5.28 Å². The average Bonchev–Trinajstić information content (AvgIpc) is 2.22. The lowest BCUT2D eigenvalue weighted by molar-refractivity contribution is 0.471. The van der Waals surface area contributed by atoms with Gasteiger partial charge < -0.3 is 5.11 Å². The predicted molar refractivity (Wildman–Crippen MR) is 56.7 cm³/mol. The quantitative estimate of drug-likeness (QED) is 0.802. The van der Waals surface area contributed by atoms with E-state index in [0.717, 1.165) is 11.1 Å². The second kappa shape index (κ2) is 3.82. The second-order valence-electron chi connectivity index (χ2n) is 3.06. The Hall–Kier alpha value is -1.68. The van der Waals surface area contributed by atoms with E-state index >= 15 is 0 Å². The molecule has 2 rings (SSSR count). The van der Waals surface area contributed by atoms with E-state index < -0.39 is 0 Å². The number of halogens is 1. The molecule has 0 amide bonds. The Bertz CT molecular complexity index is 502. The summed E-state index contributed by atoms with van der Waals surface area (Å²) in [4.78, 5) is 4.03. The standard InChI is InChI=1S/C10H8ClN3O/c1-6-7(3-2-4-9(6)15)8-5-12-14-10(11)13-8/h2-5,15H,1H3. The molecule has 1 aromatic carbocycles. The monoisotopic (exact) mass is 221 g/mol. The van der Waals surface area contributed by atoms with Gasteiger partial charge >= 0.3 is 0 Å². The van der Waals surface area contributed by atoms with Gasteiger partial charge in [0.1, 0.15) is 5.75 Å². The van der Waals surface area contributed by atoms with Crippen LogP contribution in [0.3, 0.4) is 0 Å². The fourth-order valence-corrected chi connectivity index (χ4v) is 1.45. The van der Waals surface area contributed by atoms with Crippen molar-refractivity contribution in [1.82, 2.24) is 15.2 Å². The lowest BCUT2D eigenvalue weighted by atomic mass is 10.1. The number of hydrogen-bond acceptors (Lipinski definition) is 4. The first-order valence-corrected chi connectivity index (χ1v) is 4.70. The Balaban J connectivity index is 2.59. The largest absolute Gasteiger partial charge is 0.508 e. The van der Waals surface area contributed by atoms with Crippen molar-refractivity contribution in [3.05, 3.63) is 35.2 Å². The highest BCUT2D eigenvalue weighted by molar-refractivity contribution is 6.28. The maximum Gasteiger partial charge on any atom is 0.243 e. The Kier molecular flexibility index (Phi) is 2.51. The Morgan fingerprint density at radius 3 is 2.87 bits per heavy atom. The zero-order chi connectivity index (χ0) is 10.8. The molecule has 0 aliphatic heterocycles. The fourth-order valence-electron chi connectivity index (χ4n) is 1.31. The number of nitrogens with zero attached hydrogens (tertiary/aromatic N) is 3. The summed E-state index contributed by atoms with van der Waals surface area (Å²) in [6.45, 7) is 1.81. The lowest BCUT2D eigenvalue weighted by Gasteiger charge is -2.05. The summed E-state index contributed by atoms with van der Waals surface area (Å²) in [7, 11) is 0. The maximum absolute atomic E-state index is 9.53. The molecule has 0 atom stereocenters. The summed E-state index contributed by atoms with van der Waals surface area (Å²) >= 11 is 5.64. The number of aromatic nitrogens is 3. The molecule has 0 unspecified atom stereocenters. The number of rotatable bonds is 1. The molecule has 1 aromatic heterocycles. The van der Waals surface area contributed by atoms with Crippen LogP contribution < -0.4 is 0 Å². The Labute approximate surface area is 91.6 Å². The van der Waals surface area contributed by atoms with Gasteiger partial charge in [-0.2, -0.15) is 5.10 Å². The first kappa shape index (κ1) is 9.86. The molecule has 15 heavy (non-hydrogen) atoms. The normalized spacial score (nSPS) is 10.3.